The Bertz CT molecular complexity index is 1150. The summed E-state index contributed by atoms with van der Waals surface area (Å²) in [6.07, 6.45) is 7.28. The number of thioether (sulfide) groups is 1. The Kier molecular flexibility index (Phi) is 10.5. The second-order valence-electron chi connectivity index (χ2n) is 11.9. The minimum absolute atomic E-state index is 0.116. The van der Waals surface area contributed by atoms with Crippen LogP contribution in [0.4, 0.5) is 0 Å². The minimum Gasteiger partial charge on any atom is -0.508 e. The van der Waals surface area contributed by atoms with Gasteiger partial charge in [0.05, 0.1) is 0 Å². The summed E-state index contributed by atoms with van der Waals surface area (Å²) < 4.78 is 12.1. The summed E-state index contributed by atoms with van der Waals surface area (Å²) in [6, 6.07) is 10.5. The number of unbranched alkanes of at least 4 members (excludes halogenated alkanes) is 5. The molecule has 1 heterocycles. The summed E-state index contributed by atoms with van der Waals surface area (Å²) in [6.45, 7) is 14.4. The largest absolute Gasteiger partial charge is 0.508 e. The number of phenols is 2. The van der Waals surface area contributed by atoms with Crippen LogP contribution in [0.1, 0.15) is 98.1 Å². The van der Waals surface area contributed by atoms with E-state index in [2.05, 4.69) is 21.9 Å². The fraction of sp³-hybridized carbons (Fsp3) is 0.516. The standard InChI is InChI=1S/C31H43N3O4S/c1-8-9-10-11-12-13-18-39-29-33-27(37-21-14-16-25(35)23(19-21)30(2,3)4)32-28(34-29)38-22-15-17-26(36)24(20-22)31(5,6)7/h14-17,19-20,35-36H,8-13,18H2,1-7H3. The Balaban J connectivity index is 1.85. The fourth-order valence-corrected chi connectivity index (χ4v) is 4.91. The van der Waals surface area contributed by atoms with E-state index in [-0.39, 0.29) is 34.3 Å². The lowest BCUT2D eigenvalue weighted by molar-refractivity contribution is 0.382. The van der Waals surface area contributed by atoms with Gasteiger partial charge in [-0.3, -0.25) is 0 Å². The molecule has 0 unspecified atom stereocenters. The molecule has 0 aliphatic carbocycles. The molecule has 39 heavy (non-hydrogen) atoms. The molecule has 0 fully saturated rings. The third-order valence-electron chi connectivity index (χ3n) is 6.27. The molecule has 2 N–H and O–H groups in total. The zero-order valence-corrected chi connectivity index (χ0v) is 25.2. The quantitative estimate of drug-likeness (QED) is 0.169. The lowest BCUT2D eigenvalue weighted by Gasteiger charge is -2.21. The number of hydrogen-bond donors (Lipinski definition) is 2. The van der Waals surface area contributed by atoms with E-state index >= 15 is 0 Å². The van der Waals surface area contributed by atoms with Gasteiger partial charge in [-0.25, -0.2) is 0 Å². The van der Waals surface area contributed by atoms with E-state index in [1.54, 1.807) is 48.2 Å². The van der Waals surface area contributed by atoms with Crippen LogP contribution in [-0.4, -0.2) is 30.9 Å². The van der Waals surface area contributed by atoms with Crippen LogP contribution in [0.5, 0.6) is 35.0 Å². The highest BCUT2D eigenvalue weighted by molar-refractivity contribution is 7.99. The lowest BCUT2D eigenvalue weighted by Crippen LogP contribution is -2.11. The molecule has 0 atom stereocenters. The van der Waals surface area contributed by atoms with Gasteiger partial charge in [0.1, 0.15) is 23.0 Å². The van der Waals surface area contributed by atoms with Crippen molar-refractivity contribution in [3.05, 3.63) is 47.5 Å². The Morgan fingerprint density at radius 1 is 0.667 bits per heavy atom. The Morgan fingerprint density at radius 3 is 1.59 bits per heavy atom. The maximum atomic E-state index is 10.3. The molecule has 0 aliphatic heterocycles. The summed E-state index contributed by atoms with van der Waals surface area (Å²) >= 11 is 1.55. The molecular formula is C31H43N3O4S. The zero-order chi connectivity index (χ0) is 28.6. The maximum Gasteiger partial charge on any atom is 0.329 e. The monoisotopic (exact) mass is 553 g/mol. The number of benzene rings is 2. The first-order chi connectivity index (χ1) is 18.4. The van der Waals surface area contributed by atoms with Gasteiger partial charge >= 0.3 is 12.0 Å². The molecule has 3 aromatic rings. The van der Waals surface area contributed by atoms with Gasteiger partial charge < -0.3 is 19.7 Å². The molecule has 0 aliphatic rings. The van der Waals surface area contributed by atoms with Gasteiger partial charge in [0.25, 0.3) is 0 Å². The highest BCUT2D eigenvalue weighted by atomic mass is 32.2. The highest BCUT2D eigenvalue weighted by Crippen LogP contribution is 2.36. The first-order valence-electron chi connectivity index (χ1n) is 13.8. The summed E-state index contributed by atoms with van der Waals surface area (Å²) in [5.41, 5.74) is 1.00. The summed E-state index contributed by atoms with van der Waals surface area (Å²) in [5.74, 6) is 2.34. The normalized spacial score (nSPS) is 12.0. The number of ether oxygens (including phenoxy) is 2. The van der Waals surface area contributed by atoms with Crippen molar-refractivity contribution in [3.8, 4) is 35.0 Å². The van der Waals surface area contributed by atoms with Gasteiger partial charge in [-0.2, -0.15) is 9.97 Å². The number of aromatic nitrogens is 3. The fourth-order valence-electron chi connectivity index (χ4n) is 4.09. The summed E-state index contributed by atoms with van der Waals surface area (Å²) in [5, 5.41) is 21.2. The van der Waals surface area contributed by atoms with Gasteiger partial charge in [-0.05, 0) is 53.6 Å². The second-order valence-corrected chi connectivity index (χ2v) is 12.9. The van der Waals surface area contributed by atoms with Crippen LogP contribution in [0.15, 0.2) is 41.6 Å². The van der Waals surface area contributed by atoms with Crippen LogP contribution in [0.3, 0.4) is 0 Å². The van der Waals surface area contributed by atoms with E-state index in [0.29, 0.717) is 16.7 Å². The van der Waals surface area contributed by atoms with Crippen LogP contribution < -0.4 is 9.47 Å². The van der Waals surface area contributed by atoms with Crippen molar-refractivity contribution in [3.63, 3.8) is 0 Å². The van der Waals surface area contributed by atoms with Crippen LogP contribution in [-0.2, 0) is 10.8 Å². The van der Waals surface area contributed by atoms with Crippen molar-refractivity contribution < 1.29 is 19.7 Å². The number of rotatable bonds is 12. The van der Waals surface area contributed by atoms with E-state index in [1.165, 1.54) is 32.1 Å². The van der Waals surface area contributed by atoms with Gasteiger partial charge in [0.15, 0.2) is 5.16 Å². The lowest BCUT2D eigenvalue weighted by atomic mass is 9.86. The van der Waals surface area contributed by atoms with Crippen molar-refractivity contribution in [2.75, 3.05) is 5.75 Å². The molecular weight excluding hydrogens is 510 g/mol. The van der Waals surface area contributed by atoms with Gasteiger partial charge in [-0.1, -0.05) is 92.3 Å². The minimum atomic E-state index is -0.265. The third kappa shape index (κ3) is 9.31. The molecule has 8 heteroatoms. The van der Waals surface area contributed by atoms with Crippen LogP contribution >= 0.6 is 11.8 Å². The number of hydrogen-bond acceptors (Lipinski definition) is 8. The van der Waals surface area contributed by atoms with Crippen molar-refractivity contribution in [2.45, 2.75) is 103 Å². The smallest absolute Gasteiger partial charge is 0.329 e. The summed E-state index contributed by atoms with van der Waals surface area (Å²) in [7, 11) is 0. The predicted molar refractivity (Wildman–Crippen MR) is 158 cm³/mol. The molecule has 0 radical (unpaired) electrons. The van der Waals surface area contributed by atoms with E-state index in [4.69, 9.17) is 9.47 Å². The van der Waals surface area contributed by atoms with Crippen molar-refractivity contribution in [1.29, 1.82) is 0 Å². The molecule has 7 nitrogen and oxygen atoms in total. The molecule has 2 aromatic carbocycles. The molecule has 0 bridgehead atoms. The Labute approximate surface area is 237 Å². The Morgan fingerprint density at radius 2 is 1.13 bits per heavy atom. The van der Waals surface area contributed by atoms with E-state index in [1.807, 2.05) is 41.5 Å². The van der Waals surface area contributed by atoms with Crippen molar-refractivity contribution in [2.24, 2.45) is 0 Å². The summed E-state index contributed by atoms with van der Waals surface area (Å²) in [4.78, 5) is 13.5. The number of nitrogens with zero attached hydrogens (tertiary/aromatic N) is 3. The number of phenolic OH excluding ortho intramolecular Hbond substituents is 2. The van der Waals surface area contributed by atoms with E-state index < -0.39 is 0 Å². The highest BCUT2D eigenvalue weighted by Gasteiger charge is 2.21. The van der Waals surface area contributed by atoms with Crippen LogP contribution in [0, 0.1) is 0 Å². The molecule has 0 amide bonds. The average molecular weight is 554 g/mol. The van der Waals surface area contributed by atoms with E-state index in [0.717, 1.165) is 23.3 Å². The van der Waals surface area contributed by atoms with Gasteiger partial charge in [0.2, 0.25) is 0 Å². The molecule has 0 saturated carbocycles. The topological polar surface area (TPSA) is 97.6 Å². The maximum absolute atomic E-state index is 10.3. The molecule has 212 valence electrons. The first kappa shape index (κ1) is 30.5. The first-order valence-corrected chi connectivity index (χ1v) is 14.8. The molecule has 1 aromatic heterocycles. The molecule has 0 spiro atoms. The molecule has 0 saturated heterocycles. The SMILES string of the molecule is CCCCCCCCSc1nc(Oc2ccc(O)c(C(C)(C)C)c2)nc(Oc2ccc(O)c(C(C)(C)C)c2)n1. The van der Waals surface area contributed by atoms with Crippen molar-refractivity contribution in [1.82, 2.24) is 15.0 Å². The van der Waals surface area contributed by atoms with Gasteiger partial charge in [-0.15, -0.1) is 4.98 Å². The van der Waals surface area contributed by atoms with Crippen molar-refractivity contribution >= 4 is 11.8 Å². The van der Waals surface area contributed by atoms with E-state index in [9.17, 15) is 10.2 Å². The third-order valence-corrected chi connectivity index (χ3v) is 7.21. The van der Waals surface area contributed by atoms with Crippen LogP contribution in [0.2, 0.25) is 0 Å². The zero-order valence-electron chi connectivity index (χ0n) is 24.4. The van der Waals surface area contributed by atoms with Crippen LogP contribution in [0.25, 0.3) is 0 Å². The molecule has 3 rings (SSSR count). The predicted octanol–water partition coefficient (Wildman–Crippen LogP) is 8.92. The Hall–Kier alpha value is -3.00. The van der Waals surface area contributed by atoms with Gasteiger partial charge in [0, 0.05) is 16.9 Å². The second kappa shape index (κ2) is 13.4. The average Bonchev–Trinajstić information content (AvgIpc) is 2.84. The number of aromatic hydroxyl groups is 2.